The van der Waals surface area contributed by atoms with E-state index in [0.717, 1.165) is 24.5 Å². The van der Waals surface area contributed by atoms with Crippen LogP contribution in [0.2, 0.25) is 0 Å². The van der Waals surface area contributed by atoms with Gasteiger partial charge in [-0.15, -0.1) is 0 Å². The van der Waals surface area contributed by atoms with Crippen molar-refractivity contribution in [2.75, 3.05) is 25.0 Å². The predicted octanol–water partition coefficient (Wildman–Crippen LogP) is 3.29. The highest BCUT2D eigenvalue weighted by Crippen LogP contribution is 2.22. The number of hydrogen-bond donors (Lipinski definition) is 0. The second-order valence-corrected chi connectivity index (χ2v) is 7.00. The van der Waals surface area contributed by atoms with Crippen LogP contribution in [-0.2, 0) is 6.54 Å². The highest BCUT2D eigenvalue weighted by molar-refractivity contribution is 5.92. The Morgan fingerprint density at radius 1 is 1.28 bits per heavy atom. The lowest BCUT2D eigenvalue weighted by atomic mass is 10.0. The summed E-state index contributed by atoms with van der Waals surface area (Å²) >= 11 is 0. The number of benzene rings is 1. The first-order chi connectivity index (χ1) is 12.0. The highest BCUT2D eigenvalue weighted by atomic mass is 16.2. The normalized spacial score (nSPS) is 17.4. The lowest BCUT2D eigenvalue weighted by Gasteiger charge is -2.32. The summed E-state index contributed by atoms with van der Waals surface area (Å²) in [6.07, 6.45) is 2.42. The average molecular weight is 338 g/mol. The Hall–Kier alpha value is -2.43. The lowest BCUT2D eigenvalue weighted by molar-refractivity contribution is 0.0779. The van der Waals surface area contributed by atoms with Crippen LogP contribution >= 0.6 is 0 Å². The fourth-order valence-corrected chi connectivity index (χ4v) is 3.35. The van der Waals surface area contributed by atoms with E-state index in [1.165, 1.54) is 12.8 Å². The number of piperidine rings is 1. The number of carbonyl (C=O) groups is 1. The van der Waals surface area contributed by atoms with Crippen molar-refractivity contribution in [2.24, 2.45) is 5.92 Å². The first-order valence-electron chi connectivity index (χ1n) is 8.93. The van der Waals surface area contributed by atoms with Crippen LogP contribution < -0.4 is 4.90 Å². The molecule has 0 aliphatic carbocycles. The third-order valence-electron chi connectivity index (χ3n) is 4.63. The van der Waals surface area contributed by atoms with E-state index >= 15 is 0 Å². The number of rotatable bonds is 4. The highest BCUT2D eigenvalue weighted by Gasteiger charge is 2.21. The summed E-state index contributed by atoms with van der Waals surface area (Å²) < 4.78 is 0. The van der Waals surface area contributed by atoms with Crippen molar-refractivity contribution in [2.45, 2.75) is 33.2 Å². The van der Waals surface area contributed by atoms with Gasteiger partial charge in [0, 0.05) is 32.7 Å². The monoisotopic (exact) mass is 338 g/mol. The molecule has 3 rings (SSSR count). The SMILES string of the molecule is Cc1nc(C(=O)N(C)Cc2ccccc2)cc(N2CCCC(C)C2)n1. The van der Waals surface area contributed by atoms with Gasteiger partial charge in [0.1, 0.15) is 17.3 Å². The first-order valence-corrected chi connectivity index (χ1v) is 8.93. The maximum Gasteiger partial charge on any atom is 0.272 e. The minimum Gasteiger partial charge on any atom is -0.356 e. The van der Waals surface area contributed by atoms with Gasteiger partial charge >= 0.3 is 0 Å². The molecule has 0 N–H and O–H groups in total. The molecule has 5 nitrogen and oxygen atoms in total. The molecular weight excluding hydrogens is 312 g/mol. The molecule has 1 aromatic carbocycles. The Balaban J connectivity index is 1.78. The molecule has 132 valence electrons. The van der Waals surface area contributed by atoms with Gasteiger partial charge < -0.3 is 9.80 Å². The van der Waals surface area contributed by atoms with Crippen molar-refractivity contribution < 1.29 is 4.79 Å². The smallest absolute Gasteiger partial charge is 0.272 e. The third kappa shape index (κ3) is 4.35. The Morgan fingerprint density at radius 3 is 2.76 bits per heavy atom. The van der Waals surface area contributed by atoms with Gasteiger partial charge in [0.15, 0.2) is 0 Å². The molecular formula is C20H26N4O. The first kappa shape index (κ1) is 17.4. The Morgan fingerprint density at radius 2 is 2.04 bits per heavy atom. The van der Waals surface area contributed by atoms with E-state index in [-0.39, 0.29) is 5.91 Å². The zero-order valence-electron chi connectivity index (χ0n) is 15.3. The molecule has 0 spiro atoms. The summed E-state index contributed by atoms with van der Waals surface area (Å²) in [5.41, 5.74) is 1.58. The summed E-state index contributed by atoms with van der Waals surface area (Å²) in [6.45, 7) is 6.67. The quantitative estimate of drug-likeness (QED) is 0.858. The van der Waals surface area contributed by atoms with E-state index < -0.39 is 0 Å². The number of aryl methyl sites for hydroxylation is 1. The van der Waals surface area contributed by atoms with Crippen LogP contribution in [-0.4, -0.2) is 40.9 Å². The predicted molar refractivity (Wildman–Crippen MR) is 99.6 cm³/mol. The molecule has 0 radical (unpaired) electrons. The van der Waals surface area contributed by atoms with Gasteiger partial charge in [-0.05, 0) is 31.2 Å². The third-order valence-corrected chi connectivity index (χ3v) is 4.63. The van der Waals surface area contributed by atoms with Crippen LogP contribution in [0.25, 0.3) is 0 Å². The second kappa shape index (κ2) is 7.64. The van der Waals surface area contributed by atoms with Crippen molar-refractivity contribution in [1.29, 1.82) is 0 Å². The van der Waals surface area contributed by atoms with Crippen LogP contribution in [0.3, 0.4) is 0 Å². The zero-order valence-corrected chi connectivity index (χ0v) is 15.3. The summed E-state index contributed by atoms with van der Waals surface area (Å²) in [6, 6.07) is 11.8. The molecule has 1 saturated heterocycles. The van der Waals surface area contributed by atoms with Crippen LogP contribution in [0.4, 0.5) is 5.82 Å². The minimum atomic E-state index is -0.0688. The van der Waals surface area contributed by atoms with Gasteiger partial charge in [0.05, 0.1) is 0 Å². The molecule has 1 atom stereocenters. The molecule has 1 aliphatic heterocycles. The Bertz CT molecular complexity index is 732. The molecule has 25 heavy (non-hydrogen) atoms. The van der Waals surface area contributed by atoms with Crippen molar-refractivity contribution in [3.63, 3.8) is 0 Å². The van der Waals surface area contributed by atoms with Crippen LogP contribution in [0, 0.1) is 12.8 Å². The molecule has 2 heterocycles. The molecule has 1 amide bonds. The van der Waals surface area contributed by atoms with Crippen LogP contribution in [0.1, 0.15) is 41.6 Å². The zero-order chi connectivity index (χ0) is 17.8. The van der Waals surface area contributed by atoms with E-state index in [2.05, 4.69) is 21.8 Å². The number of carbonyl (C=O) groups excluding carboxylic acids is 1. The maximum atomic E-state index is 12.8. The molecule has 0 bridgehead atoms. The van der Waals surface area contributed by atoms with E-state index in [0.29, 0.717) is 24.0 Å². The van der Waals surface area contributed by atoms with Crippen molar-refractivity contribution in [3.8, 4) is 0 Å². The van der Waals surface area contributed by atoms with Crippen LogP contribution in [0.15, 0.2) is 36.4 Å². The number of nitrogens with zero attached hydrogens (tertiary/aromatic N) is 4. The maximum absolute atomic E-state index is 12.8. The van der Waals surface area contributed by atoms with E-state index in [1.807, 2.05) is 50.4 Å². The Kier molecular flexibility index (Phi) is 5.31. The van der Waals surface area contributed by atoms with Gasteiger partial charge in [-0.2, -0.15) is 0 Å². The fraction of sp³-hybridized carbons (Fsp3) is 0.450. The Labute approximate surface area is 149 Å². The number of anilines is 1. The van der Waals surface area contributed by atoms with E-state index in [4.69, 9.17) is 0 Å². The standard InChI is InChI=1S/C20H26N4O/c1-15-8-7-11-24(13-15)19-12-18(21-16(2)22-19)20(25)23(3)14-17-9-5-4-6-10-17/h4-6,9-10,12,15H,7-8,11,13-14H2,1-3H3. The average Bonchev–Trinajstić information content (AvgIpc) is 2.61. The van der Waals surface area contributed by atoms with Gasteiger partial charge in [-0.1, -0.05) is 37.3 Å². The van der Waals surface area contributed by atoms with E-state index in [1.54, 1.807) is 4.90 Å². The van der Waals surface area contributed by atoms with E-state index in [9.17, 15) is 4.79 Å². The summed E-state index contributed by atoms with van der Waals surface area (Å²) in [5, 5.41) is 0. The molecule has 1 aliphatic rings. The van der Waals surface area contributed by atoms with Gasteiger partial charge in [-0.25, -0.2) is 9.97 Å². The number of aromatic nitrogens is 2. The second-order valence-electron chi connectivity index (χ2n) is 7.00. The summed E-state index contributed by atoms with van der Waals surface area (Å²) in [4.78, 5) is 25.7. The fourth-order valence-electron chi connectivity index (χ4n) is 3.35. The largest absolute Gasteiger partial charge is 0.356 e. The number of hydrogen-bond acceptors (Lipinski definition) is 4. The molecule has 5 heteroatoms. The molecule has 1 aromatic heterocycles. The van der Waals surface area contributed by atoms with Gasteiger partial charge in [0.2, 0.25) is 0 Å². The molecule has 0 saturated carbocycles. The molecule has 1 unspecified atom stereocenters. The molecule has 2 aromatic rings. The topological polar surface area (TPSA) is 49.3 Å². The van der Waals surface area contributed by atoms with Gasteiger partial charge in [0.25, 0.3) is 5.91 Å². The minimum absolute atomic E-state index is 0.0688. The van der Waals surface area contributed by atoms with Crippen molar-refractivity contribution in [3.05, 3.63) is 53.5 Å². The summed E-state index contributed by atoms with van der Waals surface area (Å²) in [7, 11) is 1.81. The molecule has 1 fully saturated rings. The van der Waals surface area contributed by atoms with Crippen molar-refractivity contribution >= 4 is 11.7 Å². The van der Waals surface area contributed by atoms with Gasteiger partial charge in [-0.3, -0.25) is 4.79 Å². The van der Waals surface area contributed by atoms with Crippen molar-refractivity contribution in [1.82, 2.24) is 14.9 Å². The van der Waals surface area contributed by atoms with Crippen LogP contribution in [0.5, 0.6) is 0 Å². The number of amides is 1. The summed E-state index contributed by atoms with van der Waals surface area (Å²) in [5.74, 6) is 2.10. The lowest BCUT2D eigenvalue weighted by Crippen LogP contribution is -2.35.